The van der Waals surface area contributed by atoms with Gasteiger partial charge >= 0.3 is 5.97 Å². The summed E-state index contributed by atoms with van der Waals surface area (Å²) in [6.07, 6.45) is -0.758. The smallest absolute Gasteiger partial charge is 0.305 e. The Bertz CT molecular complexity index is 1550. The minimum absolute atomic E-state index is 0.0165. The highest BCUT2D eigenvalue weighted by atomic mass is 16.7. The van der Waals surface area contributed by atoms with Crippen molar-refractivity contribution >= 4 is 35.1 Å². The van der Waals surface area contributed by atoms with Crippen molar-refractivity contribution in [1.29, 1.82) is 0 Å². The van der Waals surface area contributed by atoms with E-state index in [4.69, 9.17) is 18.9 Å². The van der Waals surface area contributed by atoms with Crippen LogP contribution in [0.5, 0.6) is 0 Å². The Labute approximate surface area is 325 Å². The third kappa shape index (κ3) is 12.1. The van der Waals surface area contributed by atoms with Crippen molar-refractivity contribution in [3.05, 3.63) is 48.2 Å². The molecular weight excluding hydrogens is 708 g/mol. The molecule has 1 amide bonds. The highest BCUT2D eigenvalue weighted by Crippen LogP contribution is 2.34. The number of aromatic nitrogens is 1. The molecule has 0 spiro atoms. The summed E-state index contributed by atoms with van der Waals surface area (Å²) in [5, 5.41) is 38.0. The number of nitrogens with zero attached hydrogens (tertiary/aromatic N) is 3. The van der Waals surface area contributed by atoms with Gasteiger partial charge < -0.3 is 54.2 Å². The zero-order valence-electron chi connectivity index (χ0n) is 33.3. The highest BCUT2D eigenvalue weighted by molar-refractivity contribution is 5.87. The van der Waals surface area contributed by atoms with Gasteiger partial charge in [-0.15, -0.1) is 0 Å². The van der Waals surface area contributed by atoms with Gasteiger partial charge in [0.2, 0.25) is 5.91 Å². The van der Waals surface area contributed by atoms with Crippen molar-refractivity contribution in [3.63, 3.8) is 0 Å². The Balaban J connectivity index is 1.70. The molecule has 4 N–H and O–H groups in total. The van der Waals surface area contributed by atoms with Gasteiger partial charge in [0.1, 0.15) is 24.6 Å². The number of β-amino-alcohol motifs (C(OH)–C–C–N with tert-alkyl or cyclic N) is 1. The molecular formula is C41H62N4O10. The lowest BCUT2D eigenvalue weighted by Crippen LogP contribution is -2.63. The van der Waals surface area contributed by atoms with Gasteiger partial charge in [-0.25, -0.2) is 0 Å². The number of amides is 1. The lowest BCUT2D eigenvalue weighted by atomic mass is 9.82. The van der Waals surface area contributed by atoms with Gasteiger partial charge in [-0.05, 0) is 83.4 Å². The van der Waals surface area contributed by atoms with Crippen LogP contribution in [0.4, 0.5) is 0 Å². The molecule has 0 radical (unpaired) electrons. The van der Waals surface area contributed by atoms with Gasteiger partial charge in [0, 0.05) is 44.1 Å². The lowest BCUT2D eigenvalue weighted by Gasteiger charge is -2.47. The Morgan fingerprint density at radius 2 is 1.85 bits per heavy atom. The molecule has 14 nitrogen and oxygen atoms in total. The van der Waals surface area contributed by atoms with Crippen LogP contribution >= 0.6 is 0 Å². The van der Waals surface area contributed by atoms with E-state index in [1.807, 2.05) is 61.4 Å². The van der Waals surface area contributed by atoms with Gasteiger partial charge in [-0.2, -0.15) is 0 Å². The molecule has 2 aliphatic rings. The van der Waals surface area contributed by atoms with Gasteiger partial charge in [0.25, 0.3) is 0 Å². The number of aliphatic hydroxyl groups is 3. The summed E-state index contributed by atoms with van der Waals surface area (Å²) in [6.45, 7) is 6.14. The first-order valence-electron chi connectivity index (χ1n) is 19.4. The first-order chi connectivity index (χ1) is 26.3. The lowest BCUT2D eigenvalue weighted by molar-refractivity contribution is -0.309. The number of carbonyl (C=O) groups is 3. The number of benzene rings is 1. The van der Waals surface area contributed by atoms with Crippen molar-refractivity contribution < 1.29 is 48.7 Å². The summed E-state index contributed by atoms with van der Waals surface area (Å²) < 4.78 is 24.6. The number of aldehydes is 1. The second kappa shape index (κ2) is 21.3. The van der Waals surface area contributed by atoms with E-state index in [1.165, 1.54) is 7.11 Å². The van der Waals surface area contributed by atoms with Gasteiger partial charge in [-0.3, -0.25) is 14.6 Å². The number of methoxy groups -OCH3 is 1. The fourth-order valence-corrected chi connectivity index (χ4v) is 7.75. The van der Waals surface area contributed by atoms with Crippen LogP contribution in [-0.4, -0.2) is 151 Å². The van der Waals surface area contributed by atoms with Crippen LogP contribution in [0, 0.1) is 11.8 Å². The molecule has 2 aliphatic heterocycles. The zero-order valence-corrected chi connectivity index (χ0v) is 33.3. The van der Waals surface area contributed by atoms with E-state index in [2.05, 4.69) is 10.3 Å². The molecule has 0 aliphatic carbocycles. The second-order valence-electron chi connectivity index (χ2n) is 15.3. The van der Waals surface area contributed by atoms with Crippen molar-refractivity contribution in [2.75, 3.05) is 41.3 Å². The number of ether oxygens (including phenoxy) is 4. The number of aliphatic hydroxyl groups excluding tert-OH is 3. The maximum Gasteiger partial charge on any atom is 0.305 e. The number of nitrogens with one attached hydrogen (secondary N) is 1. The third-order valence-electron chi connectivity index (χ3n) is 10.9. The molecule has 12 atom stereocenters. The number of para-hydroxylation sites is 1. The number of likely N-dealkylation sites (N-methyl/N-ethyl adjacent to an activating group) is 2. The normalized spacial score (nSPS) is 33.5. The van der Waals surface area contributed by atoms with E-state index in [1.54, 1.807) is 39.0 Å². The number of pyridine rings is 1. The summed E-state index contributed by atoms with van der Waals surface area (Å²) >= 11 is 0. The molecule has 14 heteroatoms. The van der Waals surface area contributed by atoms with Crippen LogP contribution in [0.15, 0.2) is 42.6 Å². The largest absolute Gasteiger partial charge is 0.459 e. The Hall–Kier alpha value is -3.34. The van der Waals surface area contributed by atoms with Crippen molar-refractivity contribution in [2.45, 2.75) is 120 Å². The first kappa shape index (κ1) is 44.4. The number of esters is 1. The molecule has 1 aromatic carbocycles. The van der Waals surface area contributed by atoms with Crippen LogP contribution in [0.3, 0.4) is 0 Å². The van der Waals surface area contributed by atoms with Crippen LogP contribution in [0.25, 0.3) is 17.0 Å². The van der Waals surface area contributed by atoms with Gasteiger partial charge in [-0.1, -0.05) is 44.2 Å². The summed E-state index contributed by atoms with van der Waals surface area (Å²) in [7, 11) is 6.79. The van der Waals surface area contributed by atoms with E-state index >= 15 is 0 Å². The monoisotopic (exact) mass is 770 g/mol. The SMILES string of the molecule is CCC(=O)O[C@@H]1CC(=O)NC(C/C=C/c2ccnc3ccccc23)CCN(C)C[C@H](O)[C@H](C)C[C@H](CC=O)[C@H](O[C@@H]2OC(C)[C@@H](O)C(N(C)C)C2O)[C@H]1OC. The average Bonchev–Trinajstić information content (AvgIpc) is 3.15. The number of carbonyl (C=O) groups excluding carboxylic acids is 3. The van der Waals surface area contributed by atoms with Crippen LogP contribution < -0.4 is 5.32 Å². The minimum atomic E-state index is -1.32. The number of hydrogen-bond donors (Lipinski definition) is 4. The topological polar surface area (TPSA) is 180 Å². The quantitative estimate of drug-likeness (QED) is 0.194. The van der Waals surface area contributed by atoms with Crippen LogP contribution in [0.2, 0.25) is 0 Å². The van der Waals surface area contributed by atoms with E-state index < -0.39 is 66.9 Å². The Morgan fingerprint density at radius 3 is 2.55 bits per heavy atom. The highest BCUT2D eigenvalue weighted by Gasteiger charge is 2.48. The van der Waals surface area contributed by atoms with E-state index in [0.717, 1.165) is 22.8 Å². The summed E-state index contributed by atoms with van der Waals surface area (Å²) in [6, 6.07) is 8.77. The molecule has 0 saturated carbocycles. The second-order valence-corrected chi connectivity index (χ2v) is 15.3. The molecule has 4 unspecified atom stereocenters. The molecule has 0 bridgehead atoms. The molecule has 4 rings (SSSR count). The zero-order chi connectivity index (χ0) is 40.2. The Morgan fingerprint density at radius 1 is 1.11 bits per heavy atom. The fraction of sp³-hybridized carbons (Fsp3) is 0.659. The number of hydrogen-bond acceptors (Lipinski definition) is 13. The molecule has 2 fully saturated rings. The minimum Gasteiger partial charge on any atom is -0.459 e. The molecule has 3 heterocycles. The van der Waals surface area contributed by atoms with Crippen molar-refractivity contribution in [1.82, 2.24) is 20.1 Å². The summed E-state index contributed by atoms with van der Waals surface area (Å²) in [5.74, 6) is -1.87. The van der Waals surface area contributed by atoms with Gasteiger partial charge in [0.05, 0.1) is 42.4 Å². The fourth-order valence-electron chi connectivity index (χ4n) is 7.75. The molecule has 306 valence electrons. The van der Waals surface area contributed by atoms with Crippen molar-refractivity contribution in [2.24, 2.45) is 11.8 Å². The van der Waals surface area contributed by atoms with Crippen molar-refractivity contribution in [3.8, 4) is 0 Å². The maximum absolute atomic E-state index is 14.0. The first-order valence-corrected chi connectivity index (χ1v) is 19.4. The van der Waals surface area contributed by atoms with Crippen LogP contribution in [0.1, 0.15) is 64.9 Å². The number of rotatable bonds is 11. The molecule has 2 aromatic rings. The summed E-state index contributed by atoms with van der Waals surface area (Å²) in [5.41, 5.74) is 1.88. The van der Waals surface area contributed by atoms with E-state index in [9.17, 15) is 29.7 Å². The maximum atomic E-state index is 14.0. The third-order valence-corrected chi connectivity index (χ3v) is 10.9. The molecule has 1 aromatic heterocycles. The predicted octanol–water partition coefficient (Wildman–Crippen LogP) is 2.56. The average molecular weight is 771 g/mol. The van der Waals surface area contributed by atoms with E-state index in [0.29, 0.717) is 32.4 Å². The molecule has 2 saturated heterocycles. The summed E-state index contributed by atoms with van der Waals surface area (Å²) in [4.78, 5) is 47.3. The van der Waals surface area contributed by atoms with E-state index in [-0.39, 0.29) is 37.1 Å². The number of fused-ring (bicyclic) bond motifs is 1. The standard InChI is InChI=1S/C41H62N4O10/c1-8-35(49)54-33-23-34(48)43-29(13-11-12-27-16-19-42-31-15-10-9-14-30(27)31)17-20-45(6)24-32(47)25(2)22-28(18-21-46)39(40(33)52-7)55-41-38(51)36(44(4)5)37(50)26(3)53-41/h9-12,14-16,19,21,25-26,28-29,32-33,36-41,47,50-51H,8,13,17-18,20,22-24H2,1-7H3,(H,43,48)/b12-11+/t25-,26?,28+,29?,32+,33-,36?,37-,38?,39+,40+,41+/m1/s1. The Kier molecular flexibility index (Phi) is 17.2. The van der Waals surface area contributed by atoms with Gasteiger partial charge in [0.15, 0.2) is 6.29 Å². The predicted molar refractivity (Wildman–Crippen MR) is 208 cm³/mol. The molecule has 55 heavy (non-hydrogen) atoms. The van der Waals surface area contributed by atoms with Crippen LogP contribution in [-0.2, 0) is 33.3 Å².